The Hall–Kier alpha value is -0.990. The summed E-state index contributed by atoms with van der Waals surface area (Å²) >= 11 is 0. The summed E-state index contributed by atoms with van der Waals surface area (Å²) in [5, 5.41) is 2.64. The largest absolute Gasteiger partial charge is 0.449 e. The Bertz CT molecular complexity index is 257. The summed E-state index contributed by atoms with van der Waals surface area (Å²) in [5.74, 6) is 0.953. The van der Waals surface area contributed by atoms with Crippen molar-refractivity contribution >= 4 is 6.09 Å². The Morgan fingerprint density at radius 2 is 2.05 bits per heavy atom. The monoisotopic (exact) mass is 267 g/mol. The second-order valence-electron chi connectivity index (χ2n) is 5.47. The summed E-state index contributed by atoms with van der Waals surface area (Å²) in [6, 6.07) is 0. The molecule has 1 N–H and O–H groups in total. The van der Waals surface area contributed by atoms with Gasteiger partial charge in [0.2, 0.25) is 0 Å². The maximum Gasteiger partial charge on any atom is 0.411 e. The first-order chi connectivity index (χ1) is 9.33. The van der Waals surface area contributed by atoms with Gasteiger partial charge >= 0.3 is 6.09 Å². The fourth-order valence-corrected chi connectivity index (χ4v) is 2.56. The number of nitrogens with one attached hydrogen (secondary N) is 1. The van der Waals surface area contributed by atoms with Gasteiger partial charge < -0.3 is 4.74 Å². The van der Waals surface area contributed by atoms with Crippen molar-refractivity contribution in [1.29, 1.82) is 0 Å². The van der Waals surface area contributed by atoms with Gasteiger partial charge in [0.15, 0.2) is 0 Å². The van der Waals surface area contributed by atoms with Crippen LogP contribution in [-0.4, -0.2) is 12.7 Å². The number of carbonyl (C=O) groups excluding carboxylic acids is 1. The Kier molecular flexibility index (Phi) is 9.21. The summed E-state index contributed by atoms with van der Waals surface area (Å²) in [6.45, 7) is 2.59. The van der Waals surface area contributed by atoms with Crippen LogP contribution in [0.4, 0.5) is 4.79 Å². The van der Waals surface area contributed by atoms with Crippen LogP contribution in [-0.2, 0) is 4.74 Å². The number of allylic oxidation sites excluding steroid dienone is 1. The summed E-state index contributed by atoms with van der Waals surface area (Å²) in [5.41, 5.74) is 0. The van der Waals surface area contributed by atoms with E-state index in [2.05, 4.69) is 12.2 Å². The number of amides is 1. The first kappa shape index (κ1) is 16.1. The molecule has 0 radical (unpaired) electrons. The maximum absolute atomic E-state index is 11.2. The maximum atomic E-state index is 11.2. The molecule has 1 aliphatic carbocycles. The molecule has 1 amide bonds. The van der Waals surface area contributed by atoms with Crippen LogP contribution in [0.1, 0.15) is 71.1 Å². The second kappa shape index (κ2) is 10.9. The quantitative estimate of drug-likeness (QED) is 0.643. The third-order valence-electron chi connectivity index (χ3n) is 3.76. The minimum Gasteiger partial charge on any atom is -0.449 e. The van der Waals surface area contributed by atoms with Crippen LogP contribution in [0.15, 0.2) is 12.3 Å². The van der Waals surface area contributed by atoms with E-state index >= 15 is 0 Å². The van der Waals surface area contributed by atoms with Crippen molar-refractivity contribution in [3.05, 3.63) is 12.3 Å². The van der Waals surface area contributed by atoms with Gasteiger partial charge in [0.25, 0.3) is 0 Å². The van der Waals surface area contributed by atoms with Crippen LogP contribution in [0.25, 0.3) is 0 Å². The molecule has 1 aliphatic rings. The topological polar surface area (TPSA) is 38.3 Å². The SMILES string of the molecule is CCCCOC(=O)N/C=C/CCCC1CCCCC1. The minimum atomic E-state index is -0.336. The average Bonchev–Trinajstić information content (AvgIpc) is 2.44. The molecule has 0 aromatic carbocycles. The number of hydrogen-bond acceptors (Lipinski definition) is 2. The van der Waals surface area contributed by atoms with Gasteiger partial charge in [0.05, 0.1) is 6.61 Å². The van der Waals surface area contributed by atoms with Crippen LogP contribution in [0.2, 0.25) is 0 Å². The van der Waals surface area contributed by atoms with Crippen LogP contribution in [0, 0.1) is 5.92 Å². The summed E-state index contributed by atoms with van der Waals surface area (Å²) in [6.07, 6.45) is 16.1. The Morgan fingerprint density at radius 1 is 1.26 bits per heavy atom. The molecule has 1 fully saturated rings. The Balaban J connectivity index is 1.93. The predicted molar refractivity (Wildman–Crippen MR) is 79.0 cm³/mol. The van der Waals surface area contributed by atoms with E-state index in [-0.39, 0.29) is 6.09 Å². The first-order valence-electron chi connectivity index (χ1n) is 7.91. The van der Waals surface area contributed by atoms with E-state index in [0.29, 0.717) is 6.61 Å². The molecular weight excluding hydrogens is 238 g/mol. The van der Waals surface area contributed by atoms with Gasteiger partial charge in [-0.05, 0) is 25.2 Å². The molecule has 0 aliphatic heterocycles. The zero-order valence-corrected chi connectivity index (χ0v) is 12.3. The van der Waals surface area contributed by atoms with Gasteiger partial charge in [-0.2, -0.15) is 0 Å². The molecular formula is C16H29NO2. The van der Waals surface area contributed by atoms with Crippen molar-refractivity contribution in [3.63, 3.8) is 0 Å². The molecule has 0 atom stereocenters. The van der Waals surface area contributed by atoms with Crippen molar-refractivity contribution in [1.82, 2.24) is 5.32 Å². The first-order valence-corrected chi connectivity index (χ1v) is 7.91. The second-order valence-corrected chi connectivity index (χ2v) is 5.47. The molecule has 1 saturated carbocycles. The van der Waals surface area contributed by atoms with Crippen LogP contribution in [0.5, 0.6) is 0 Å². The lowest BCUT2D eigenvalue weighted by Crippen LogP contribution is -2.18. The zero-order chi connectivity index (χ0) is 13.8. The van der Waals surface area contributed by atoms with E-state index in [9.17, 15) is 4.79 Å². The van der Waals surface area contributed by atoms with Crippen molar-refractivity contribution in [2.24, 2.45) is 5.92 Å². The fourth-order valence-electron chi connectivity index (χ4n) is 2.56. The lowest BCUT2D eigenvalue weighted by Gasteiger charge is -2.20. The van der Waals surface area contributed by atoms with Gasteiger partial charge in [-0.25, -0.2) is 4.79 Å². The molecule has 0 unspecified atom stereocenters. The van der Waals surface area contributed by atoms with E-state index in [0.717, 1.165) is 25.2 Å². The number of rotatable bonds is 8. The lowest BCUT2D eigenvalue weighted by molar-refractivity contribution is 0.148. The number of ether oxygens (including phenoxy) is 1. The predicted octanol–water partition coefficient (Wildman–Crippen LogP) is 4.78. The number of hydrogen-bond donors (Lipinski definition) is 1. The Morgan fingerprint density at radius 3 is 2.79 bits per heavy atom. The van der Waals surface area contributed by atoms with Gasteiger partial charge in [0, 0.05) is 6.20 Å². The van der Waals surface area contributed by atoms with E-state index in [1.807, 2.05) is 6.08 Å². The van der Waals surface area contributed by atoms with E-state index in [1.165, 1.54) is 44.9 Å². The van der Waals surface area contributed by atoms with Gasteiger partial charge in [0.1, 0.15) is 0 Å². The van der Waals surface area contributed by atoms with Gasteiger partial charge in [-0.3, -0.25) is 5.32 Å². The third kappa shape index (κ3) is 8.68. The molecule has 110 valence electrons. The highest BCUT2D eigenvalue weighted by atomic mass is 16.5. The van der Waals surface area contributed by atoms with Crippen LogP contribution < -0.4 is 5.32 Å². The van der Waals surface area contributed by atoms with Crippen molar-refractivity contribution in [2.45, 2.75) is 71.1 Å². The molecule has 19 heavy (non-hydrogen) atoms. The minimum absolute atomic E-state index is 0.336. The molecule has 0 saturated heterocycles. The molecule has 0 heterocycles. The molecule has 0 aromatic heterocycles. The summed E-state index contributed by atoms with van der Waals surface area (Å²) in [4.78, 5) is 11.2. The highest BCUT2D eigenvalue weighted by Crippen LogP contribution is 2.27. The molecule has 0 bridgehead atoms. The highest BCUT2D eigenvalue weighted by Gasteiger charge is 2.11. The van der Waals surface area contributed by atoms with Crippen molar-refractivity contribution in [2.75, 3.05) is 6.61 Å². The molecule has 0 aromatic rings. The number of carbonyl (C=O) groups is 1. The fraction of sp³-hybridized carbons (Fsp3) is 0.812. The van der Waals surface area contributed by atoms with Crippen molar-refractivity contribution < 1.29 is 9.53 Å². The average molecular weight is 267 g/mol. The molecule has 1 rings (SSSR count). The van der Waals surface area contributed by atoms with E-state index < -0.39 is 0 Å². The zero-order valence-electron chi connectivity index (χ0n) is 12.3. The normalized spacial score (nSPS) is 16.7. The van der Waals surface area contributed by atoms with Crippen LogP contribution in [0.3, 0.4) is 0 Å². The smallest absolute Gasteiger partial charge is 0.411 e. The van der Waals surface area contributed by atoms with Gasteiger partial charge in [-0.1, -0.05) is 57.9 Å². The standard InChI is InChI=1S/C16H29NO2/c1-2-3-14-19-16(18)17-13-9-5-8-12-15-10-6-4-7-11-15/h9,13,15H,2-8,10-12,14H2,1H3,(H,17,18)/b13-9+. The lowest BCUT2D eigenvalue weighted by atomic mass is 9.86. The highest BCUT2D eigenvalue weighted by molar-refractivity contribution is 5.68. The number of alkyl carbamates (subject to hydrolysis) is 1. The number of unbranched alkanes of at least 4 members (excludes halogenated alkanes) is 2. The van der Waals surface area contributed by atoms with Crippen LogP contribution >= 0.6 is 0 Å². The Labute approximate surface area is 117 Å². The summed E-state index contributed by atoms with van der Waals surface area (Å²) in [7, 11) is 0. The summed E-state index contributed by atoms with van der Waals surface area (Å²) < 4.78 is 4.98. The third-order valence-corrected chi connectivity index (χ3v) is 3.76. The molecule has 3 nitrogen and oxygen atoms in total. The van der Waals surface area contributed by atoms with E-state index in [4.69, 9.17) is 4.74 Å². The molecule has 3 heteroatoms. The molecule has 0 spiro atoms. The van der Waals surface area contributed by atoms with Crippen molar-refractivity contribution in [3.8, 4) is 0 Å². The van der Waals surface area contributed by atoms with E-state index in [1.54, 1.807) is 6.20 Å². The van der Waals surface area contributed by atoms with Gasteiger partial charge in [-0.15, -0.1) is 0 Å².